The van der Waals surface area contributed by atoms with Crippen molar-refractivity contribution in [1.29, 1.82) is 0 Å². The fourth-order valence-corrected chi connectivity index (χ4v) is 5.95. The third kappa shape index (κ3) is 6.33. The molecule has 0 atom stereocenters. The van der Waals surface area contributed by atoms with E-state index in [-0.39, 0.29) is 10.5 Å². The number of amides is 1. The third-order valence-electron chi connectivity index (χ3n) is 5.60. The van der Waals surface area contributed by atoms with Gasteiger partial charge in [-0.05, 0) is 48.9 Å². The summed E-state index contributed by atoms with van der Waals surface area (Å²) in [7, 11) is -3.74. The van der Waals surface area contributed by atoms with E-state index in [2.05, 4.69) is 10.2 Å². The number of nitrogens with one attached hydrogen (secondary N) is 1. The van der Waals surface area contributed by atoms with E-state index in [9.17, 15) is 18.0 Å². The monoisotopic (exact) mass is 493 g/mol. The predicted molar refractivity (Wildman–Crippen MR) is 129 cm³/mol. The fraction of sp³-hybridized carbons (Fsp3) is 0.478. The highest BCUT2D eigenvalue weighted by Crippen LogP contribution is 2.29. The Hall–Kier alpha value is -2.43. The molecule has 1 N–H and O–H groups in total. The number of rotatable bonds is 10. The van der Waals surface area contributed by atoms with Gasteiger partial charge in [0.15, 0.2) is 6.61 Å². The first-order chi connectivity index (χ1) is 15.9. The Kier molecular flexibility index (Phi) is 8.87. The summed E-state index contributed by atoms with van der Waals surface area (Å²) >= 11 is 1.52. The molecule has 3 rings (SSSR count). The highest BCUT2D eigenvalue weighted by atomic mass is 32.2. The molecule has 1 aliphatic rings. The maximum Gasteiger partial charge on any atom is 0.340 e. The van der Waals surface area contributed by atoms with E-state index in [1.165, 1.54) is 21.7 Å². The lowest BCUT2D eigenvalue weighted by molar-refractivity contribution is -0.124. The minimum absolute atomic E-state index is 0.0426. The lowest BCUT2D eigenvalue weighted by atomic mass is 10.1. The van der Waals surface area contributed by atoms with Gasteiger partial charge in [-0.1, -0.05) is 19.9 Å². The second-order valence-electron chi connectivity index (χ2n) is 7.75. The number of carbonyl (C=O) groups is 2. The van der Waals surface area contributed by atoms with Crippen molar-refractivity contribution in [3.8, 4) is 0 Å². The Morgan fingerprint density at radius 2 is 1.85 bits per heavy atom. The van der Waals surface area contributed by atoms with Crippen LogP contribution >= 0.6 is 11.3 Å². The number of piperidine rings is 1. The summed E-state index contributed by atoms with van der Waals surface area (Å²) in [6, 6.07) is 8.40. The predicted octanol–water partition coefficient (Wildman–Crippen LogP) is 3.24. The Bertz CT molecular complexity index is 1040. The van der Waals surface area contributed by atoms with E-state index >= 15 is 0 Å². The number of nitrogens with zero attached hydrogens (tertiary/aromatic N) is 2. The van der Waals surface area contributed by atoms with Crippen molar-refractivity contribution in [3.05, 3.63) is 46.2 Å². The molecule has 0 spiro atoms. The van der Waals surface area contributed by atoms with Gasteiger partial charge in [0.2, 0.25) is 10.0 Å². The van der Waals surface area contributed by atoms with Crippen molar-refractivity contribution in [1.82, 2.24) is 9.62 Å². The molecule has 0 radical (unpaired) electrons. The first-order valence-corrected chi connectivity index (χ1v) is 13.5. The van der Waals surface area contributed by atoms with Gasteiger partial charge in [-0.3, -0.25) is 4.79 Å². The Labute approximate surface area is 199 Å². The molecule has 1 fully saturated rings. The van der Waals surface area contributed by atoms with Crippen molar-refractivity contribution in [3.63, 3.8) is 0 Å². The lowest BCUT2D eigenvalue weighted by Gasteiger charge is -2.30. The fourth-order valence-electron chi connectivity index (χ4n) is 3.82. The summed E-state index contributed by atoms with van der Waals surface area (Å²) in [6.45, 7) is 5.70. The SMILES string of the molecule is CCN(CC)S(=O)(=O)c1ccc(N2CCCCC2)c(C(=O)OCC(=O)NCc2cccs2)c1. The maximum atomic E-state index is 13.0. The van der Waals surface area contributed by atoms with E-state index in [1.807, 2.05) is 17.5 Å². The number of sulfonamides is 1. The van der Waals surface area contributed by atoms with Gasteiger partial charge in [0.05, 0.1) is 22.7 Å². The first-order valence-electron chi connectivity index (χ1n) is 11.2. The molecule has 1 aromatic carbocycles. The molecular weight excluding hydrogens is 462 g/mol. The normalized spacial score (nSPS) is 14.3. The number of benzene rings is 1. The van der Waals surface area contributed by atoms with E-state index in [0.29, 0.717) is 25.3 Å². The quantitative estimate of drug-likeness (QED) is 0.511. The molecule has 1 saturated heterocycles. The van der Waals surface area contributed by atoms with Gasteiger partial charge in [0.25, 0.3) is 5.91 Å². The van der Waals surface area contributed by atoms with Crippen LogP contribution in [0, 0.1) is 0 Å². The number of hydrogen-bond donors (Lipinski definition) is 1. The number of esters is 1. The van der Waals surface area contributed by atoms with Crippen LogP contribution in [0.25, 0.3) is 0 Å². The lowest BCUT2D eigenvalue weighted by Crippen LogP contribution is -2.33. The van der Waals surface area contributed by atoms with Gasteiger partial charge in [-0.15, -0.1) is 11.3 Å². The number of anilines is 1. The Morgan fingerprint density at radius 1 is 1.12 bits per heavy atom. The van der Waals surface area contributed by atoms with Crippen LogP contribution in [0.4, 0.5) is 5.69 Å². The smallest absolute Gasteiger partial charge is 0.340 e. The van der Waals surface area contributed by atoms with Gasteiger partial charge < -0.3 is 15.0 Å². The summed E-state index contributed by atoms with van der Waals surface area (Å²) in [5.41, 5.74) is 0.799. The molecule has 0 bridgehead atoms. The van der Waals surface area contributed by atoms with E-state index < -0.39 is 28.5 Å². The summed E-state index contributed by atoms with van der Waals surface area (Å²) in [5.74, 6) is -1.12. The zero-order chi connectivity index (χ0) is 23.8. The van der Waals surface area contributed by atoms with Crippen molar-refractivity contribution >= 4 is 38.9 Å². The van der Waals surface area contributed by atoms with Crippen LogP contribution < -0.4 is 10.2 Å². The van der Waals surface area contributed by atoms with E-state index in [1.54, 1.807) is 26.0 Å². The number of ether oxygens (including phenoxy) is 1. The molecular formula is C23H31N3O5S2. The number of thiophene rings is 1. The summed E-state index contributed by atoms with van der Waals surface area (Å²) in [4.78, 5) is 28.3. The number of carbonyl (C=O) groups excluding carboxylic acids is 2. The summed E-state index contributed by atoms with van der Waals surface area (Å²) in [6.07, 6.45) is 3.12. The molecule has 2 aromatic rings. The van der Waals surface area contributed by atoms with Crippen molar-refractivity contribution in [2.75, 3.05) is 37.7 Å². The van der Waals surface area contributed by atoms with Crippen molar-refractivity contribution < 1.29 is 22.7 Å². The zero-order valence-corrected chi connectivity index (χ0v) is 20.7. The van der Waals surface area contributed by atoms with Crippen LogP contribution in [0.1, 0.15) is 48.3 Å². The van der Waals surface area contributed by atoms with Crippen LogP contribution in [-0.2, 0) is 26.1 Å². The van der Waals surface area contributed by atoms with Crippen molar-refractivity contribution in [2.24, 2.45) is 0 Å². The molecule has 1 aromatic heterocycles. The molecule has 1 amide bonds. The number of hydrogen-bond acceptors (Lipinski definition) is 7. The van der Waals surface area contributed by atoms with E-state index in [0.717, 1.165) is 37.2 Å². The average molecular weight is 494 g/mol. The van der Waals surface area contributed by atoms with Crippen LogP contribution in [-0.4, -0.2) is 57.4 Å². The summed E-state index contributed by atoms with van der Waals surface area (Å²) < 4.78 is 32.7. The van der Waals surface area contributed by atoms with Gasteiger partial charge in [-0.2, -0.15) is 4.31 Å². The van der Waals surface area contributed by atoms with Crippen molar-refractivity contribution in [2.45, 2.75) is 44.6 Å². The molecule has 1 aliphatic heterocycles. The highest BCUT2D eigenvalue weighted by Gasteiger charge is 2.27. The minimum Gasteiger partial charge on any atom is -0.452 e. The Balaban J connectivity index is 1.80. The molecule has 0 saturated carbocycles. The minimum atomic E-state index is -3.74. The maximum absolute atomic E-state index is 13.0. The van der Waals surface area contributed by atoms with Gasteiger partial charge in [-0.25, -0.2) is 13.2 Å². The van der Waals surface area contributed by atoms with Crippen LogP contribution in [0.2, 0.25) is 0 Å². The van der Waals surface area contributed by atoms with E-state index in [4.69, 9.17) is 4.74 Å². The first kappa shape index (κ1) is 25.2. The van der Waals surface area contributed by atoms with Crippen LogP contribution in [0.5, 0.6) is 0 Å². The van der Waals surface area contributed by atoms with Gasteiger partial charge in [0, 0.05) is 31.1 Å². The molecule has 0 unspecified atom stereocenters. The highest BCUT2D eigenvalue weighted by molar-refractivity contribution is 7.89. The molecule has 0 aliphatic carbocycles. The van der Waals surface area contributed by atoms with Crippen LogP contribution in [0.3, 0.4) is 0 Å². The van der Waals surface area contributed by atoms with Gasteiger partial charge in [0.1, 0.15) is 0 Å². The second kappa shape index (κ2) is 11.6. The Morgan fingerprint density at radius 3 is 2.48 bits per heavy atom. The topological polar surface area (TPSA) is 96.0 Å². The molecule has 10 heteroatoms. The molecule has 180 valence electrons. The largest absolute Gasteiger partial charge is 0.452 e. The second-order valence-corrected chi connectivity index (χ2v) is 10.7. The van der Waals surface area contributed by atoms with Gasteiger partial charge >= 0.3 is 5.97 Å². The molecule has 2 heterocycles. The molecule has 33 heavy (non-hydrogen) atoms. The van der Waals surface area contributed by atoms with Crippen LogP contribution in [0.15, 0.2) is 40.6 Å². The zero-order valence-electron chi connectivity index (χ0n) is 19.1. The summed E-state index contributed by atoms with van der Waals surface area (Å²) in [5, 5.41) is 4.64. The molecule has 8 nitrogen and oxygen atoms in total. The third-order valence-corrected chi connectivity index (χ3v) is 8.52. The standard InChI is InChI=1S/C23H31N3O5S2/c1-3-26(4-2)33(29,30)19-10-11-21(25-12-6-5-7-13-25)20(15-19)23(28)31-17-22(27)24-16-18-9-8-14-32-18/h8-11,14-15H,3-7,12-13,16-17H2,1-2H3,(H,24,27). The average Bonchev–Trinajstić information content (AvgIpc) is 3.36.